The Morgan fingerprint density at radius 3 is 2.79 bits per heavy atom. The number of likely N-dealkylation sites (tertiary alicyclic amines) is 1. The Bertz CT molecular complexity index is 1520. The van der Waals surface area contributed by atoms with Crippen molar-refractivity contribution in [2.24, 2.45) is 0 Å². The molecule has 0 bridgehead atoms. The minimum absolute atomic E-state index is 0.0472. The fourth-order valence-electron chi connectivity index (χ4n) is 4.57. The smallest absolute Gasteiger partial charge is 0.416 e. The van der Waals surface area contributed by atoms with Crippen molar-refractivity contribution in [3.63, 3.8) is 0 Å². The molecule has 0 spiro atoms. The van der Waals surface area contributed by atoms with Crippen LogP contribution < -0.4 is 15.4 Å². The van der Waals surface area contributed by atoms with Crippen LogP contribution in [-0.4, -0.2) is 51.1 Å². The van der Waals surface area contributed by atoms with Gasteiger partial charge in [0.05, 0.1) is 28.9 Å². The van der Waals surface area contributed by atoms with E-state index in [1.807, 2.05) is 6.07 Å². The van der Waals surface area contributed by atoms with Gasteiger partial charge in [0.25, 0.3) is 5.91 Å². The summed E-state index contributed by atoms with van der Waals surface area (Å²) in [5.41, 5.74) is 0.490. The van der Waals surface area contributed by atoms with Crippen LogP contribution >= 0.6 is 0 Å². The fourth-order valence-corrected chi connectivity index (χ4v) is 4.57. The van der Waals surface area contributed by atoms with E-state index in [0.717, 1.165) is 29.5 Å². The van der Waals surface area contributed by atoms with Gasteiger partial charge in [0, 0.05) is 42.5 Å². The Kier molecular flexibility index (Phi) is 7.09. The van der Waals surface area contributed by atoms with Crippen LogP contribution in [-0.2, 0) is 11.0 Å². The summed E-state index contributed by atoms with van der Waals surface area (Å²) < 4.78 is 46.7. The van der Waals surface area contributed by atoms with Crippen LogP contribution in [0.5, 0.6) is 5.75 Å². The first-order chi connectivity index (χ1) is 18.7. The molecule has 3 heterocycles. The maximum Gasteiger partial charge on any atom is 0.416 e. The van der Waals surface area contributed by atoms with E-state index in [9.17, 15) is 22.8 Å². The maximum absolute atomic E-state index is 13.7. The molecule has 9 nitrogen and oxygen atoms in total. The number of fused-ring (bicyclic) bond motifs is 1. The van der Waals surface area contributed by atoms with Crippen LogP contribution in [0.1, 0.15) is 35.7 Å². The molecule has 3 N–H and O–H groups in total. The molecule has 2 aromatic carbocycles. The molecule has 12 heteroatoms. The molecule has 5 rings (SSSR count). The molecule has 4 aromatic rings. The van der Waals surface area contributed by atoms with E-state index in [4.69, 9.17) is 4.74 Å². The van der Waals surface area contributed by atoms with Crippen molar-refractivity contribution in [3.05, 3.63) is 72.1 Å². The van der Waals surface area contributed by atoms with Crippen LogP contribution in [0.3, 0.4) is 0 Å². The van der Waals surface area contributed by atoms with Crippen molar-refractivity contribution in [2.45, 2.75) is 32.0 Å². The molecule has 1 atom stereocenters. The molecule has 202 valence electrons. The summed E-state index contributed by atoms with van der Waals surface area (Å²) in [6, 6.07) is 11.3. The number of ether oxygens (including phenoxy) is 1. The number of nitrogens with one attached hydrogen (secondary N) is 3. The number of amides is 2. The van der Waals surface area contributed by atoms with Crippen LogP contribution in [0.25, 0.3) is 10.9 Å². The van der Waals surface area contributed by atoms with Crippen molar-refractivity contribution in [1.29, 1.82) is 0 Å². The number of alkyl halides is 3. The zero-order chi connectivity index (χ0) is 27.6. The van der Waals surface area contributed by atoms with Gasteiger partial charge in [-0.25, -0.2) is 4.98 Å². The second-order valence-electron chi connectivity index (χ2n) is 9.21. The summed E-state index contributed by atoms with van der Waals surface area (Å²) in [5.74, 6) is -0.601. The Hall–Kier alpha value is -4.61. The molecule has 1 aliphatic heterocycles. The molecule has 1 aliphatic rings. The van der Waals surface area contributed by atoms with Crippen molar-refractivity contribution in [3.8, 4) is 5.75 Å². The highest BCUT2D eigenvalue weighted by molar-refractivity contribution is 6.08. The highest BCUT2D eigenvalue weighted by Crippen LogP contribution is 2.35. The molecule has 39 heavy (non-hydrogen) atoms. The molecule has 2 amide bonds. The number of anilines is 3. The van der Waals surface area contributed by atoms with E-state index < -0.39 is 17.6 Å². The van der Waals surface area contributed by atoms with Gasteiger partial charge in [0.15, 0.2) is 0 Å². The third-order valence-electron chi connectivity index (χ3n) is 6.47. The largest absolute Gasteiger partial charge is 0.491 e. The van der Waals surface area contributed by atoms with Gasteiger partial charge >= 0.3 is 6.18 Å². The Morgan fingerprint density at radius 1 is 1.15 bits per heavy atom. The van der Waals surface area contributed by atoms with Gasteiger partial charge in [0.1, 0.15) is 18.2 Å². The summed E-state index contributed by atoms with van der Waals surface area (Å²) in [6.45, 7) is 2.09. The zero-order valence-electron chi connectivity index (χ0n) is 20.9. The number of nitrogens with zero attached hydrogens (tertiary/aromatic N) is 3. The van der Waals surface area contributed by atoms with E-state index >= 15 is 0 Å². The van der Waals surface area contributed by atoms with Gasteiger partial charge in [-0.3, -0.25) is 14.7 Å². The van der Waals surface area contributed by atoms with E-state index in [2.05, 4.69) is 25.8 Å². The topological polar surface area (TPSA) is 112 Å². The number of halogens is 3. The lowest BCUT2D eigenvalue weighted by Gasteiger charge is -2.23. The number of pyridine rings is 1. The standard InChI is InChI=1S/C27H25F3N6O3/c1-16(37)36-9-3-4-21(36)15-39-22-11-18(27(28,29)30)10-20(12-22)34-26(38)23-5-2-8-31-25(23)33-19-7-6-17-14-32-35-24(17)13-19/h2,5-8,10-14,21H,3-4,9,15H2,1H3,(H,31,33)(H,32,35)(H,34,38)/t21-/m1/s1. The van der Waals surface area contributed by atoms with E-state index in [1.165, 1.54) is 25.3 Å². The Balaban J connectivity index is 1.36. The molecular formula is C27H25F3N6O3. The number of aromatic nitrogens is 3. The monoisotopic (exact) mass is 538 g/mol. The van der Waals surface area contributed by atoms with Gasteiger partial charge in [0.2, 0.25) is 5.91 Å². The van der Waals surface area contributed by atoms with Crippen LogP contribution in [0, 0.1) is 0 Å². The molecule has 1 saturated heterocycles. The number of benzene rings is 2. The Morgan fingerprint density at radius 2 is 2.00 bits per heavy atom. The number of H-pyrrole nitrogens is 1. The highest BCUT2D eigenvalue weighted by Gasteiger charge is 2.32. The molecule has 0 unspecified atom stereocenters. The molecule has 0 radical (unpaired) electrons. The van der Waals surface area contributed by atoms with Crippen LogP contribution in [0.4, 0.5) is 30.4 Å². The van der Waals surface area contributed by atoms with Gasteiger partial charge in [-0.05, 0) is 55.3 Å². The van der Waals surface area contributed by atoms with Crippen LogP contribution in [0.2, 0.25) is 0 Å². The molecule has 2 aromatic heterocycles. The molecule has 0 saturated carbocycles. The molecule has 1 fully saturated rings. The van der Waals surface area contributed by atoms with Gasteiger partial charge in [-0.15, -0.1) is 0 Å². The lowest BCUT2D eigenvalue weighted by Crippen LogP contribution is -2.37. The van der Waals surface area contributed by atoms with Crippen molar-refractivity contribution in [1.82, 2.24) is 20.1 Å². The van der Waals surface area contributed by atoms with Gasteiger partial charge in [-0.2, -0.15) is 18.3 Å². The predicted molar refractivity (Wildman–Crippen MR) is 139 cm³/mol. The summed E-state index contributed by atoms with van der Waals surface area (Å²) in [5, 5.41) is 13.4. The number of hydrogen-bond acceptors (Lipinski definition) is 6. The van der Waals surface area contributed by atoms with Gasteiger partial charge in [-0.1, -0.05) is 0 Å². The third kappa shape index (κ3) is 5.95. The average molecular weight is 539 g/mol. The summed E-state index contributed by atoms with van der Waals surface area (Å²) in [6.07, 6.45) is 0.0151. The normalized spacial score (nSPS) is 15.4. The van der Waals surface area contributed by atoms with Crippen molar-refractivity contribution < 1.29 is 27.5 Å². The quantitative estimate of drug-likeness (QED) is 0.292. The number of hydrogen-bond donors (Lipinski definition) is 3. The first-order valence-electron chi connectivity index (χ1n) is 12.3. The SMILES string of the molecule is CC(=O)N1CCC[C@@H]1COc1cc(NC(=O)c2cccnc2Nc2ccc3cn[nH]c3c2)cc(C(F)(F)F)c1. The minimum atomic E-state index is -4.66. The number of carbonyl (C=O) groups is 2. The van der Waals surface area contributed by atoms with Crippen molar-refractivity contribution >= 4 is 39.9 Å². The maximum atomic E-state index is 13.7. The summed E-state index contributed by atoms with van der Waals surface area (Å²) >= 11 is 0. The Labute approximate surface area is 221 Å². The van der Waals surface area contributed by atoms with E-state index in [0.29, 0.717) is 18.7 Å². The summed E-state index contributed by atoms with van der Waals surface area (Å²) in [4.78, 5) is 30.9. The van der Waals surface area contributed by atoms with Gasteiger partial charge < -0.3 is 20.3 Å². The molecular weight excluding hydrogens is 513 g/mol. The number of aromatic amines is 1. The lowest BCUT2D eigenvalue weighted by molar-refractivity contribution is -0.137. The lowest BCUT2D eigenvalue weighted by atomic mass is 10.1. The van der Waals surface area contributed by atoms with E-state index in [-0.39, 0.29) is 41.4 Å². The molecule has 0 aliphatic carbocycles. The zero-order valence-corrected chi connectivity index (χ0v) is 20.9. The first-order valence-corrected chi connectivity index (χ1v) is 12.3. The highest BCUT2D eigenvalue weighted by atomic mass is 19.4. The number of rotatable bonds is 7. The third-order valence-corrected chi connectivity index (χ3v) is 6.47. The fraction of sp³-hybridized carbons (Fsp3) is 0.259. The van der Waals surface area contributed by atoms with E-state index in [1.54, 1.807) is 29.3 Å². The van der Waals surface area contributed by atoms with Crippen molar-refractivity contribution in [2.75, 3.05) is 23.8 Å². The minimum Gasteiger partial charge on any atom is -0.491 e. The number of carbonyl (C=O) groups excluding carboxylic acids is 2. The van der Waals surface area contributed by atoms with Crippen LogP contribution in [0.15, 0.2) is 60.9 Å². The summed E-state index contributed by atoms with van der Waals surface area (Å²) in [7, 11) is 0. The second-order valence-corrected chi connectivity index (χ2v) is 9.21. The predicted octanol–water partition coefficient (Wildman–Crippen LogP) is 5.36. The average Bonchev–Trinajstić information content (AvgIpc) is 3.56. The first kappa shape index (κ1) is 26.0. The second kappa shape index (κ2) is 10.6.